The first kappa shape index (κ1) is 15.8. The fourth-order valence-corrected chi connectivity index (χ4v) is 3.56. The quantitative estimate of drug-likeness (QED) is 0.805. The van der Waals surface area contributed by atoms with Gasteiger partial charge in [0.25, 0.3) is 0 Å². The van der Waals surface area contributed by atoms with E-state index in [4.69, 9.17) is 11.6 Å². The molecule has 20 heavy (non-hydrogen) atoms. The lowest BCUT2D eigenvalue weighted by Crippen LogP contribution is -2.33. The molecule has 0 saturated heterocycles. The van der Waals surface area contributed by atoms with Crippen LogP contribution < -0.4 is 5.32 Å². The summed E-state index contributed by atoms with van der Waals surface area (Å²) < 4.78 is 13.4. The summed E-state index contributed by atoms with van der Waals surface area (Å²) in [5.74, 6) is 1.84. The van der Waals surface area contributed by atoms with Crippen LogP contribution in [0.5, 0.6) is 0 Å². The standard InChI is InChI=1S/C17H25ClFN/c1-4-20-17(13-6-5-11(2)12(3)9-13)14-7-8-16(19)15(18)10-14/h7-8,10-13,17,20H,4-6,9H2,1-3H3. The molecular weight excluding hydrogens is 273 g/mol. The minimum absolute atomic E-state index is 0.225. The van der Waals surface area contributed by atoms with Crippen LogP contribution in [0.1, 0.15) is 51.6 Å². The molecule has 3 heteroatoms. The Balaban J connectivity index is 2.19. The fraction of sp³-hybridized carbons (Fsp3) is 0.647. The van der Waals surface area contributed by atoms with Crippen molar-refractivity contribution in [2.24, 2.45) is 17.8 Å². The molecule has 1 saturated carbocycles. The lowest BCUT2D eigenvalue weighted by Gasteiger charge is -2.37. The summed E-state index contributed by atoms with van der Waals surface area (Å²) in [6.07, 6.45) is 3.74. The lowest BCUT2D eigenvalue weighted by molar-refractivity contribution is 0.172. The highest BCUT2D eigenvalue weighted by Gasteiger charge is 2.30. The van der Waals surface area contributed by atoms with Gasteiger partial charge in [0, 0.05) is 6.04 Å². The summed E-state index contributed by atoms with van der Waals surface area (Å²) in [6, 6.07) is 5.43. The Kier molecular flexibility index (Phi) is 5.45. The molecule has 0 amide bonds. The van der Waals surface area contributed by atoms with Crippen molar-refractivity contribution in [3.8, 4) is 0 Å². The van der Waals surface area contributed by atoms with Gasteiger partial charge in [-0.2, -0.15) is 0 Å². The van der Waals surface area contributed by atoms with Gasteiger partial charge in [0.1, 0.15) is 5.82 Å². The van der Waals surface area contributed by atoms with Crippen LogP contribution in [0.15, 0.2) is 18.2 Å². The Morgan fingerprint density at radius 3 is 2.65 bits per heavy atom. The summed E-state index contributed by atoms with van der Waals surface area (Å²) in [5.41, 5.74) is 1.12. The van der Waals surface area contributed by atoms with Crippen LogP contribution in [0.2, 0.25) is 5.02 Å². The predicted molar refractivity (Wildman–Crippen MR) is 83.5 cm³/mol. The number of halogens is 2. The maximum absolute atomic E-state index is 13.4. The second kappa shape index (κ2) is 6.91. The second-order valence-electron chi connectivity index (χ2n) is 6.24. The largest absolute Gasteiger partial charge is 0.310 e. The Morgan fingerprint density at radius 2 is 2.05 bits per heavy atom. The van der Waals surface area contributed by atoms with Crippen molar-refractivity contribution in [1.29, 1.82) is 0 Å². The number of nitrogens with one attached hydrogen (secondary N) is 1. The molecule has 0 aromatic heterocycles. The van der Waals surface area contributed by atoms with Crippen LogP contribution >= 0.6 is 11.6 Å². The van der Waals surface area contributed by atoms with E-state index >= 15 is 0 Å². The fourth-order valence-electron chi connectivity index (χ4n) is 3.37. The molecule has 4 unspecified atom stereocenters. The van der Waals surface area contributed by atoms with Crippen LogP contribution in [0.3, 0.4) is 0 Å². The summed E-state index contributed by atoms with van der Waals surface area (Å²) >= 11 is 5.95. The zero-order valence-electron chi connectivity index (χ0n) is 12.6. The van der Waals surface area contributed by atoms with Crippen molar-refractivity contribution >= 4 is 11.6 Å². The Bertz CT molecular complexity index is 449. The van der Waals surface area contributed by atoms with Crippen molar-refractivity contribution in [3.05, 3.63) is 34.6 Å². The summed E-state index contributed by atoms with van der Waals surface area (Å²) in [4.78, 5) is 0. The van der Waals surface area contributed by atoms with E-state index in [-0.39, 0.29) is 16.9 Å². The summed E-state index contributed by atoms with van der Waals surface area (Å²) in [6.45, 7) is 7.72. The molecule has 1 N–H and O–H groups in total. The van der Waals surface area contributed by atoms with Gasteiger partial charge in [-0.05, 0) is 54.8 Å². The Labute approximate surface area is 126 Å². The van der Waals surface area contributed by atoms with Gasteiger partial charge in [0.15, 0.2) is 0 Å². The third kappa shape index (κ3) is 3.53. The van der Waals surface area contributed by atoms with Gasteiger partial charge in [-0.3, -0.25) is 0 Å². The predicted octanol–water partition coefficient (Wildman–Crippen LogP) is 5.20. The van der Waals surface area contributed by atoms with E-state index in [0.717, 1.165) is 23.9 Å². The number of hydrogen-bond donors (Lipinski definition) is 1. The summed E-state index contributed by atoms with van der Waals surface area (Å²) in [7, 11) is 0. The smallest absolute Gasteiger partial charge is 0.141 e. The van der Waals surface area contributed by atoms with E-state index in [0.29, 0.717) is 5.92 Å². The summed E-state index contributed by atoms with van der Waals surface area (Å²) in [5, 5.41) is 3.79. The minimum atomic E-state index is -0.337. The van der Waals surface area contributed by atoms with Crippen LogP contribution in [0.4, 0.5) is 4.39 Å². The van der Waals surface area contributed by atoms with Gasteiger partial charge in [0.05, 0.1) is 5.02 Å². The maximum atomic E-state index is 13.4. The SMILES string of the molecule is CCNC(c1ccc(F)c(Cl)c1)C1CCC(C)C(C)C1. The molecule has 1 fully saturated rings. The molecule has 0 spiro atoms. The third-order valence-electron chi connectivity index (χ3n) is 4.84. The highest BCUT2D eigenvalue weighted by molar-refractivity contribution is 6.30. The first-order valence-corrected chi connectivity index (χ1v) is 8.09. The molecule has 112 valence electrons. The van der Waals surface area contributed by atoms with Gasteiger partial charge < -0.3 is 5.32 Å². The molecule has 0 aliphatic heterocycles. The highest BCUT2D eigenvalue weighted by atomic mass is 35.5. The Morgan fingerprint density at radius 1 is 1.30 bits per heavy atom. The van der Waals surface area contributed by atoms with E-state index in [9.17, 15) is 4.39 Å². The molecule has 1 aliphatic rings. The van der Waals surface area contributed by atoms with E-state index in [1.165, 1.54) is 25.3 Å². The van der Waals surface area contributed by atoms with E-state index in [1.807, 2.05) is 6.07 Å². The molecule has 4 atom stereocenters. The average Bonchev–Trinajstić information content (AvgIpc) is 2.43. The van der Waals surface area contributed by atoms with Crippen molar-refractivity contribution < 1.29 is 4.39 Å². The zero-order chi connectivity index (χ0) is 14.7. The molecule has 1 nitrogen and oxygen atoms in total. The first-order chi connectivity index (χ1) is 9.52. The first-order valence-electron chi connectivity index (χ1n) is 7.71. The van der Waals surface area contributed by atoms with Gasteiger partial charge in [-0.15, -0.1) is 0 Å². The molecule has 0 heterocycles. The topological polar surface area (TPSA) is 12.0 Å². The number of benzene rings is 1. The number of hydrogen-bond acceptors (Lipinski definition) is 1. The van der Waals surface area contributed by atoms with Crippen LogP contribution in [-0.4, -0.2) is 6.54 Å². The van der Waals surface area contributed by atoms with Crippen molar-refractivity contribution in [3.63, 3.8) is 0 Å². The van der Waals surface area contributed by atoms with Crippen molar-refractivity contribution in [2.75, 3.05) is 6.54 Å². The van der Waals surface area contributed by atoms with Gasteiger partial charge >= 0.3 is 0 Å². The molecule has 1 aliphatic carbocycles. The monoisotopic (exact) mass is 297 g/mol. The maximum Gasteiger partial charge on any atom is 0.141 e. The van der Waals surface area contributed by atoms with Crippen LogP contribution in [-0.2, 0) is 0 Å². The molecule has 0 radical (unpaired) electrons. The normalized spacial score (nSPS) is 28.4. The minimum Gasteiger partial charge on any atom is -0.310 e. The Hall–Kier alpha value is -0.600. The molecule has 1 aromatic rings. The van der Waals surface area contributed by atoms with Gasteiger partial charge in [-0.1, -0.05) is 44.9 Å². The lowest BCUT2D eigenvalue weighted by atomic mass is 9.72. The van der Waals surface area contributed by atoms with E-state index in [1.54, 1.807) is 6.07 Å². The van der Waals surface area contributed by atoms with Gasteiger partial charge in [0.2, 0.25) is 0 Å². The number of rotatable bonds is 4. The zero-order valence-corrected chi connectivity index (χ0v) is 13.4. The van der Waals surface area contributed by atoms with Crippen LogP contribution in [0, 0.1) is 23.6 Å². The van der Waals surface area contributed by atoms with Gasteiger partial charge in [-0.25, -0.2) is 4.39 Å². The average molecular weight is 298 g/mol. The molecule has 2 rings (SSSR count). The van der Waals surface area contributed by atoms with Crippen molar-refractivity contribution in [2.45, 2.75) is 46.1 Å². The second-order valence-corrected chi connectivity index (χ2v) is 6.64. The van der Waals surface area contributed by atoms with Crippen molar-refractivity contribution in [1.82, 2.24) is 5.32 Å². The van der Waals surface area contributed by atoms with E-state index in [2.05, 4.69) is 26.1 Å². The van der Waals surface area contributed by atoms with E-state index < -0.39 is 0 Å². The highest BCUT2D eigenvalue weighted by Crippen LogP contribution is 2.40. The molecule has 0 bridgehead atoms. The molecular formula is C17H25ClFN. The van der Waals surface area contributed by atoms with Crippen LogP contribution in [0.25, 0.3) is 0 Å². The third-order valence-corrected chi connectivity index (χ3v) is 5.13. The molecule has 1 aromatic carbocycles.